The van der Waals surface area contributed by atoms with Gasteiger partial charge in [0.1, 0.15) is 0 Å². The highest BCUT2D eigenvalue weighted by molar-refractivity contribution is 4.75. The molecule has 1 unspecified atom stereocenters. The minimum Gasteiger partial charge on any atom is -0.380 e. The fraction of sp³-hybridized carbons (Fsp3) is 1.00. The lowest BCUT2D eigenvalue weighted by molar-refractivity contribution is 0.0189. The summed E-state index contributed by atoms with van der Waals surface area (Å²) in [7, 11) is 3.70. The number of nitrogens with one attached hydrogen (secondary N) is 1. The fourth-order valence-corrected chi connectivity index (χ4v) is 0.928. The molecule has 0 saturated carbocycles. The fourth-order valence-electron chi connectivity index (χ4n) is 0.928. The number of ether oxygens (including phenoxy) is 1. The van der Waals surface area contributed by atoms with Crippen molar-refractivity contribution in [2.24, 2.45) is 5.41 Å². The van der Waals surface area contributed by atoms with Gasteiger partial charge in [-0.1, -0.05) is 20.8 Å². The van der Waals surface area contributed by atoms with E-state index in [1.165, 1.54) is 0 Å². The van der Waals surface area contributed by atoms with Gasteiger partial charge >= 0.3 is 0 Å². The highest BCUT2D eigenvalue weighted by Crippen LogP contribution is 2.20. The average Bonchev–Trinajstić information content (AvgIpc) is 1.80. The van der Waals surface area contributed by atoms with Gasteiger partial charge in [-0.3, -0.25) is 0 Å². The maximum atomic E-state index is 5.29. The second kappa shape index (κ2) is 3.94. The van der Waals surface area contributed by atoms with Crippen molar-refractivity contribution in [2.45, 2.75) is 26.9 Å². The number of hydrogen-bond acceptors (Lipinski definition) is 2. The first-order chi connectivity index (χ1) is 4.52. The zero-order valence-corrected chi connectivity index (χ0v) is 7.69. The van der Waals surface area contributed by atoms with Crippen LogP contribution in [0.4, 0.5) is 0 Å². The van der Waals surface area contributed by atoms with Crippen molar-refractivity contribution in [2.75, 3.05) is 20.7 Å². The molecule has 0 rings (SSSR count). The largest absolute Gasteiger partial charge is 0.380 e. The zero-order valence-electron chi connectivity index (χ0n) is 7.69. The van der Waals surface area contributed by atoms with Crippen LogP contribution >= 0.6 is 0 Å². The molecule has 0 aliphatic heterocycles. The summed E-state index contributed by atoms with van der Waals surface area (Å²) in [4.78, 5) is 0. The van der Waals surface area contributed by atoms with Crippen LogP contribution in [0.15, 0.2) is 0 Å². The summed E-state index contributed by atoms with van der Waals surface area (Å²) in [6, 6.07) is 0. The molecular formula is C8H19NO. The molecule has 2 heteroatoms. The first-order valence-corrected chi connectivity index (χ1v) is 3.69. The summed E-state index contributed by atoms with van der Waals surface area (Å²) in [5, 5.41) is 3.10. The monoisotopic (exact) mass is 145 g/mol. The predicted molar refractivity (Wildman–Crippen MR) is 44.2 cm³/mol. The summed E-state index contributed by atoms with van der Waals surface area (Å²) in [6.07, 6.45) is 0.303. The third-order valence-electron chi connectivity index (χ3n) is 1.64. The van der Waals surface area contributed by atoms with E-state index in [1.807, 2.05) is 7.05 Å². The van der Waals surface area contributed by atoms with E-state index in [1.54, 1.807) is 7.11 Å². The lowest BCUT2D eigenvalue weighted by atomic mass is 9.89. The van der Waals surface area contributed by atoms with Crippen LogP contribution in [0.5, 0.6) is 0 Å². The summed E-state index contributed by atoms with van der Waals surface area (Å²) in [6.45, 7) is 7.45. The van der Waals surface area contributed by atoms with Crippen molar-refractivity contribution in [3.8, 4) is 0 Å². The third-order valence-corrected chi connectivity index (χ3v) is 1.64. The Labute approximate surface area is 64.0 Å². The Kier molecular flexibility index (Phi) is 3.91. The minimum atomic E-state index is 0.234. The summed E-state index contributed by atoms with van der Waals surface area (Å²) < 4.78 is 5.29. The first-order valence-electron chi connectivity index (χ1n) is 3.69. The molecule has 0 spiro atoms. The topological polar surface area (TPSA) is 21.3 Å². The van der Waals surface area contributed by atoms with E-state index in [9.17, 15) is 0 Å². The van der Waals surface area contributed by atoms with E-state index in [2.05, 4.69) is 26.1 Å². The van der Waals surface area contributed by atoms with Gasteiger partial charge in [-0.2, -0.15) is 0 Å². The average molecular weight is 145 g/mol. The van der Waals surface area contributed by atoms with E-state index in [4.69, 9.17) is 4.74 Å². The zero-order chi connectivity index (χ0) is 8.20. The van der Waals surface area contributed by atoms with Gasteiger partial charge in [0.25, 0.3) is 0 Å². The molecule has 2 nitrogen and oxygen atoms in total. The van der Waals surface area contributed by atoms with Crippen molar-refractivity contribution in [3.63, 3.8) is 0 Å². The Morgan fingerprint density at radius 1 is 1.40 bits per heavy atom. The molecule has 0 bridgehead atoms. The molecule has 0 aromatic rings. The van der Waals surface area contributed by atoms with Gasteiger partial charge in [-0.05, 0) is 12.5 Å². The molecule has 0 radical (unpaired) electrons. The Balaban J connectivity index is 3.81. The van der Waals surface area contributed by atoms with Crippen LogP contribution in [0.25, 0.3) is 0 Å². The Bertz CT molecular complexity index is 85.7. The Morgan fingerprint density at radius 3 is 2.00 bits per heavy atom. The number of hydrogen-bond donors (Lipinski definition) is 1. The van der Waals surface area contributed by atoms with Gasteiger partial charge in [0.15, 0.2) is 0 Å². The van der Waals surface area contributed by atoms with Gasteiger partial charge in [0.05, 0.1) is 6.10 Å². The number of rotatable bonds is 3. The predicted octanol–water partition coefficient (Wildman–Crippen LogP) is 1.27. The highest BCUT2D eigenvalue weighted by atomic mass is 16.5. The van der Waals surface area contributed by atoms with Crippen molar-refractivity contribution in [1.82, 2.24) is 5.32 Å². The van der Waals surface area contributed by atoms with E-state index >= 15 is 0 Å². The van der Waals surface area contributed by atoms with Crippen molar-refractivity contribution < 1.29 is 4.74 Å². The molecule has 1 atom stereocenters. The third kappa shape index (κ3) is 3.18. The van der Waals surface area contributed by atoms with Gasteiger partial charge < -0.3 is 10.1 Å². The molecule has 0 fully saturated rings. The molecule has 10 heavy (non-hydrogen) atoms. The maximum absolute atomic E-state index is 5.29. The maximum Gasteiger partial charge on any atom is 0.0743 e. The lowest BCUT2D eigenvalue weighted by Crippen LogP contribution is -2.36. The first kappa shape index (κ1) is 9.92. The minimum absolute atomic E-state index is 0.234. The molecular weight excluding hydrogens is 126 g/mol. The molecule has 0 aromatic carbocycles. The SMILES string of the molecule is CNCC(OC)C(C)(C)C. The van der Waals surface area contributed by atoms with E-state index in [-0.39, 0.29) is 5.41 Å². The van der Waals surface area contributed by atoms with Crippen LogP contribution in [-0.2, 0) is 4.74 Å². The van der Waals surface area contributed by atoms with Crippen LogP contribution in [-0.4, -0.2) is 26.8 Å². The molecule has 1 N–H and O–H groups in total. The van der Waals surface area contributed by atoms with Gasteiger partial charge in [-0.15, -0.1) is 0 Å². The van der Waals surface area contributed by atoms with E-state index < -0.39 is 0 Å². The van der Waals surface area contributed by atoms with Gasteiger partial charge in [0, 0.05) is 13.7 Å². The van der Waals surface area contributed by atoms with Crippen LogP contribution in [0, 0.1) is 5.41 Å². The smallest absolute Gasteiger partial charge is 0.0743 e. The summed E-state index contributed by atoms with van der Waals surface area (Å²) in [5.74, 6) is 0. The van der Waals surface area contributed by atoms with Crippen LogP contribution in [0.3, 0.4) is 0 Å². The van der Waals surface area contributed by atoms with Crippen molar-refractivity contribution in [1.29, 1.82) is 0 Å². The van der Waals surface area contributed by atoms with Crippen LogP contribution < -0.4 is 5.32 Å². The highest BCUT2D eigenvalue weighted by Gasteiger charge is 2.22. The molecule has 0 aliphatic rings. The van der Waals surface area contributed by atoms with E-state index in [0.717, 1.165) is 6.54 Å². The second-order valence-electron chi connectivity index (χ2n) is 3.65. The van der Waals surface area contributed by atoms with E-state index in [0.29, 0.717) is 6.10 Å². The van der Waals surface area contributed by atoms with Crippen LogP contribution in [0.1, 0.15) is 20.8 Å². The molecule has 0 heterocycles. The van der Waals surface area contributed by atoms with Crippen molar-refractivity contribution >= 4 is 0 Å². The normalized spacial score (nSPS) is 15.3. The summed E-state index contributed by atoms with van der Waals surface area (Å²) in [5.41, 5.74) is 0.234. The quantitative estimate of drug-likeness (QED) is 0.645. The van der Waals surface area contributed by atoms with Crippen LogP contribution in [0.2, 0.25) is 0 Å². The molecule has 0 aliphatic carbocycles. The molecule has 0 amide bonds. The van der Waals surface area contributed by atoms with Crippen molar-refractivity contribution in [3.05, 3.63) is 0 Å². The Hall–Kier alpha value is -0.0800. The summed E-state index contributed by atoms with van der Waals surface area (Å²) >= 11 is 0. The molecule has 0 saturated heterocycles. The lowest BCUT2D eigenvalue weighted by Gasteiger charge is -2.28. The van der Waals surface area contributed by atoms with Gasteiger partial charge in [0.2, 0.25) is 0 Å². The molecule has 62 valence electrons. The molecule has 0 aromatic heterocycles. The standard InChI is InChI=1S/C8H19NO/c1-8(2,3)7(10-5)6-9-4/h7,9H,6H2,1-5H3. The Morgan fingerprint density at radius 2 is 1.90 bits per heavy atom. The van der Waals surface area contributed by atoms with Gasteiger partial charge in [-0.25, -0.2) is 0 Å². The number of likely N-dealkylation sites (N-methyl/N-ethyl adjacent to an activating group) is 1. The number of methoxy groups -OCH3 is 1. The second-order valence-corrected chi connectivity index (χ2v) is 3.65.